The number of fused-ring (bicyclic) bond motifs is 3. The Morgan fingerprint density at radius 2 is 2.09 bits per heavy atom. The number of hydrogen-bond acceptors (Lipinski definition) is 3. The maximum Gasteiger partial charge on any atom is 0.322 e. The van der Waals surface area contributed by atoms with Gasteiger partial charge in [0.2, 0.25) is 0 Å². The van der Waals surface area contributed by atoms with E-state index in [0.717, 1.165) is 11.1 Å². The summed E-state index contributed by atoms with van der Waals surface area (Å²) in [5.41, 5.74) is 1.27. The molecule has 5 heteroatoms. The van der Waals surface area contributed by atoms with Gasteiger partial charge < -0.3 is 4.74 Å². The highest BCUT2D eigenvalue weighted by molar-refractivity contribution is 7.84. The van der Waals surface area contributed by atoms with E-state index in [9.17, 15) is 9.00 Å². The number of hydrogen-bond donors (Lipinski definition) is 0. The van der Waals surface area contributed by atoms with Crippen LogP contribution < -0.4 is 0 Å². The Bertz CT molecular complexity index is 692. The van der Waals surface area contributed by atoms with Gasteiger partial charge in [-0.05, 0) is 51.3 Å². The van der Waals surface area contributed by atoms with E-state index in [1.165, 1.54) is 0 Å². The molecule has 1 unspecified atom stereocenters. The van der Waals surface area contributed by atoms with Crippen LogP contribution in [0, 0.1) is 0 Å². The lowest BCUT2D eigenvalue weighted by Gasteiger charge is -2.34. The standard InChI is InChI=1S/C18H23NO3S/c1-5-22-16(20)18-10-11-19(23(21)17(2,3)4)15(18)12-13-8-6-7-9-14(13)18/h6-11,15H,5,12H2,1-4H3/t15-,18-,23?/m0/s1. The van der Waals surface area contributed by atoms with Crippen LogP contribution in [0.2, 0.25) is 0 Å². The number of esters is 1. The minimum atomic E-state index is -1.22. The third-order valence-corrected chi connectivity index (χ3v) is 6.33. The molecule has 124 valence electrons. The van der Waals surface area contributed by atoms with Crippen molar-refractivity contribution in [2.75, 3.05) is 6.61 Å². The highest BCUT2D eigenvalue weighted by atomic mass is 32.2. The SMILES string of the molecule is CCOC(=O)[C@]12C=CN(S(=O)C(C)(C)C)[C@H]1Cc1ccccc12. The Hall–Kier alpha value is -1.62. The van der Waals surface area contributed by atoms with Crippen LogP contribution in [0.3, 0.4) is 0 Å². The summed E-state index contributed by atoms with van der Waals surface area (Å²) in [5, 5.41) is 0. The van der Waals surface area contributed by atoms with Gasteiger partial charge in [-0.3, -0.25) is 9.10 Å². The number of carbonyl (C=O) groups is 1. The van der Waals surface area contributed by atoms with Crippen molar-refractivity contribution in [1.29, 1.82) is 0 Å². The molecule has 4 nitrogen and oxygen atoms in total. The molecule has 2 aliphatic rings. The maximum absolute atomic E-state index is 12.9. The second kappa shape index (κ2) is 5.48. The van der Waals surface area contributed by atoms with Crippen LogP contribution in [0.1, 0.15) is 38.8 Å². The van der Waals surface area contributed by atoms with Crippen LogP contribution in [0.25, 0.3) is 0 Å². The summed E-state index contributed by atoms with van der Waals surface area (Å²) in [4.78, 5) is 12.8. The number of carbonyl (C=O) groups excluding carboxylic acids is 1. The molecular formula is C18H23NO3S. The van der Waals surface area contributed by atoms with Crippen LogP contribution in [0.15, 0.2) is 36.5 Å². The lowest BCUT2D eigenvalue weighted by molar-refractivity contribution is -0.148. The van der Waals surface area contributed by atoms with Crippen molar-refractivity contribution in [3.63, 3.8) is 0 Å². The smallest absolute Gasteiger partial charge is 0.322 e. The predicted molar refractivity (Wildman–Crippen MR) is 91.1 cm³/mol. The van der Waals surface area contributed by atoms with Gasteiger partial charge in [-0.1, -0.05) is 24.3 Å². The van der Waals surface area contributed by atoms with E-state index in [2.05, 4.69) is 0 Å². The molecule has 0 aromatic heterocycles. The summed E-state index contributed by atoms with van der Waals surface area (Å²) in [6.07, 6.45) is 4.40. The van der Waals surface area contributed by atoms with Gasteiger partial charge in [-0.2, -0.15) is 0 Å². The van der Waals surface area contributed by atoms with Crippen LogP contribution in [-0.2, 0) is 32.4 Å². The number of ether oxygens (including phenoxy) is 1. The van der Waals surface area contributed by atoms with Gasteiger partial charge in [0.25, 0.3) is 0 Å². The third kappa shape index (κ3) is 2.33. The quantitative estimate of drug-likeness (QED) is 0.799. The fraction of sp³-hybridized carbons (Fsp3) is 0.500. The van der Waals surface area contributed by atoms with Gasteiger partial charge in [0.15, 0.2) is 0 Å². The molecule has 3 atom stereocenters. The van der Waals surface area contributed by atoms with E-state index in [0.29, 0.717) is 13.0 Å². The van der Waals surface area contributed by atoms with Gasteiger partial charge in [-0.15, -0.1) is 0 Å². The molecule has 1 aliphatic heterocycles. The molecule has 1 heterocycles. The zero-order valence-electron chi connectivity index (χ0n) is 14.0. The van der Waals surface area contributed by atoms with E-state index in [-0.39, 0.29) is 16.8 Å². The molecule has 0 N–H and O–H groups in total. The third-order valence-electron chi connectivity index (χ3n) is 4.52. The zero-order chi connectivity index (χ0) is 16.8. The van der Waals surface area contributed by atoms with E-state index >= 15 is 0 Å². The monoisotopic (exact) mass is 333 g/mol. The predicted octanol–water partition coefficient (Wildman–Crippen LogP) is 2.70. The average Bonchev–Trinajstić information content (AvgIpc) is 3.00. The molecule has 0 spiro atoms. The summed E-state index contributed by atoms with van der Waals surface area (Å²) in [6.45, 7) is 8.00. The Balaban J connectivity index is 2.08. The molecule has 0 radical (unpaired) electrons. The van der Waals surface area contributed by atoms with Gasteiger partial charge >= 0.3 is 5.97 Å². The molecule has 0 saturated heterocycles. The highest BCUT2D eigenvalue weighted by Gasteiger charge is 2.58. The molecule has 0 bridgehead atoms. The van der Waals surface area contributed by atoms with Gasteiger partial charge in [0.05, 0.1) is 17.4 Å². The second-order valence-corrected chi connectivity index (χ2v) is 9.15. The lowest BCUT2D eigenvalue weighted by atomic mass is 9.80. The van der Waals surface area contributed by atoms with Crippen molar-refractivity contribution in [3.05, 3.63) is 47.7 Å². The van der Waals surface area contributed by atoms with Crippen molar-refractivity contribution >= 4 is 17.0 Å². The molecule has 1 aromatic carbocycles. The van der Waals surface area contributed by atoms with E-state index in [1.807, 2.05) is 68.5 Å². The van der Waals surface area contributed by atoms with Crippen LogP contribution in [-0.4, -0.2) is 31.9 Å². The molecule has 1 aromatic rings. The first-order valence-corrected chi connectivity index (χ1v) is 9.08. The summed E-state index contributed by atoms with van der Waals surface area (Å²) in [5.74, 6) is -0.250. The largest absolute Gasteiger partial charge is 0.465 e. The Morgan fingerprint density at radius 1 is 1.39 bits per heavy atom. The van der Waals surface area contributed by atoms with E-state index in [4.69, 9.17) is 4.74 Å². The maximum atomic E-state index is 12.9. The Morgan fingerprint density at radius 3 is 2.74 bits per heavy atom. The minimum absolute atomic E-state index is 0.181. The zero-order valence-corrected chi connectivity index (χ0v) is 14.9. The van der Waals surface area contributed by atoms with Crippen molar-refractivity contribution in [3.8, 4) is 0 Å². The van der Waals surface area contributed by atoms with Gasteiger partial charge in [0, 0.05) is 6.20 Å². The molecule has 0 saturated carbocycles. The molecule has 0 amide bonds. The first-order chi connectivity index (χ1) is 10.8. The van der Waals surface area contributed by atoms with Crippen LogP contribution >= 0.6 is 0 Å². The molecule has 0 fully saturated rings. The van der Waals surface area contributed by atoms with Crippen molar-refractivity contribution < 1.29 is 13.7 Å². The van der Waals surface area contributed by atoms with Gasteiger partial charge in [0.1, 0.15) is 16.4 Å². The second-order valence-electron chi connectivity index (χ2n) is 7.00. The number of nitrogens with zero attached hydrogens (tertiary/aromatic N) is 1. The fourth-order valence-corrected chi connectivity index (χ4v) is 4.76. The molecular weight excluding hydrogens is 310 g/mol. The van der Waals surface area contributed by atoms with E-state index in [1.54, 1.807) is 0 Å². The van der Waals surface area contributed by atoms with Crippen molar-refractivity contribution in [2.24, 2.45) is 0 Å². The minimum Gasteiger partial charge on any atom is -0.465 e. The van der Waals surface area contributed by atoms with E-state index < -0.39 is 16.4 Å². The van der Waals surface area contributed by atoms with Crippen LogP contribution in [0.5, 0.6) is 0 Å². The summed E-state index contributed by atoms with van der Waals surface area (Å²) in [6, 6.07) is 7.77. The Labute approximate surface area is 140 Å². The number of rotatable bonds is 3. The Kier molecular flexibility index (Phi) is 3.87. The van der Waals surface area contributed by atoms with Gasteiger partial charge in [-0.25, -0.2) is 4.21 Å². The molecule has 23 heavy (non-hydrogen) atoms. The lowest BCUT2D eigenvalue weighted by Crippen LogP contribution is -2.49. The highest BCUT2D eigenvalue weighted by Crippen LogP contribution is 2.48. The number of benzene rings is 1. The summed E-state index contributed by atoms with van der Waals surface area (Å²) in [7, 11) is -1.22. The van der Waals surface area contributed by atoms with Crippen molar-refractivity contribution in [2.45, 2.75) is 50.3 Å². The first kappa shape index (κ1) is 16.2. The first-order valence-electron chi connectivity index (χ1n) is 7.97. The molecule has 1 aliphatic carbocycles. The van der Waals surface area contributed by atoms with Crippen molar-refractivity contribution in [1.82, 2.24) is 4.31 Å². The summed E-state index contributed by atoms with van der Waals surface area (Å²) >= 11 is 0. The average molecular weight is 333 g/mol. The topological polar surface area (TPSA) is 46.6 Å². The normalized spacial score (nSPS) is 26.8. The molecule has 3 rings (SSSR count). The van der Waals surface area contributed by atoms with Crippen LogP contribution in [0.4, 0.5) is 0 Å². The fourth-order valence-electron chi connectivity index (χ4n) is 3.49. The summed E-state index contributed by atoms with van der Waals surface area (Å²) < 4.78 is 19.8.